The lowest BCUT2D eigenvalue weighted by molar-refractivity contribution is -0.145. The van der Waals surface area contributed by atoms with E-state index in [1.54, 1.807) is 18.9 Å². The molecule has 11 heteroatoms. The Balaban J connectivity index is 1.63. The molecule has 3 aliphatic rings. The van der Waals surface area contributed by atoms with E-state index in [-0.39, 0.29) is 36.0 Å². The van der Waals surface area contributed by atoms with Crippen molar-refractivity contribution in [3.63, 3.8) is 0 Å². The highest BCUT2D eigenvalue weighted by Crippen LogP contribution is 2.45. The standard InChI is InChI=1S/C30H48N6O5/c1-8-40-26(38)23-15-30(16-35(17-30)28(39)41-29(4,5)6)18-36(23)27-33-22-12-10-9-11-21(22)25(34-27)32-20(13-19(2)3)14-24(37)31-7/h19-20,23H,8-18H2,1-7H3,(H,31,37)(H,32,33,34). The van der Waals surface area contributed by atoms with E-state index in [4.69, 9.17) is 19.4 Å². The van der Waals surface area contributed by atoms with Crippen LogP contribution in [0.3, 0.4) is 0 Å². The molecular weight excluding hydrogens is 524 g/mol. The molecule has 2 atom stereocenters. The second-order valence-electron chi connectivity index (χ2n) is 13.3. The zero-order valence-electron chi connectivity index (χ0n) is 25.8. The topological polar surface area (TPSA) is 126 Å². The van der Waals surface area contributed by atoms with E-state index in [0.717, 1.165) is 49.2 Å². The summed E-state index contributed by atoms with van der Waals surface area (Å²) in [7, 11) is 1.66. The van der Waals surface area contributed by atoms with Gasteiger partial charge in [-0.3, -0.25) is 4.79 Å². The second kappa shape index (κ2) is 12.4. The van der Waals surface area contributed by atoms with Gasteiger partial charge in [0.25, 0.3) is 0 Å². The lowest BCUT2D eigenvalue weighted by atomic mass is 9.78. The van der Waals surface area contributed by atoms with Crippen LogP contribution < -0.4 is 15.5 Å². The highest BCUT2D eigenvalue weighted by molar-refractivity contribution is 5.81. The number of aryl methyl sites for hydroxylation is 1. The molecule has 0 bridgehead atoms. The zero-order chi connectivity index (χ0) is 29.9. The monoisotopic (exact) mass is 572 g/mol. The van der Waals surface area contributed by atoms with Gasteiger partial charge < -0.3 is 29.9 Å². The number of anilines is 2. The molecule has 4 rings (SSSR count). The molecule has 3 heterocycles. The zero-order valence-corrected chi connectivity index (χ0v) is 25.8. The number of carbonyl (C=O) groups is 3. The number of hydrogen-bond acceptors (Lipinski definition) is 9. The van der Waals surface area contributed by atoms with Crippen LogP contribution in [-0.4, -0.2) is 83.8 Å². The van der Waals surface area contributed by atoms with Crippen LogP contribution in [-0.2, 0) is 31.9 Å². The molecule has 1 aromatic heterocycles. The van der Waals surface area contributed by atoms with Crippen LogP contribution in [0.5, 0.6) is 0 Å². The van der Waals surface area contributed by atoms with Crippen molar-refractivity contribution in [2.75, 3.05) is 43.5 Å². The number of fused-ring (bicyclic) bond motifs is 1. The Kier molecular flexibility index (Phi) is 9.33. The van der Waals surface area contributed by atoms with Crippen molar-refractivity contribution in [3.05, 3.63) is 11.3 Å². The van der Waals surface area contributed by atoms with Crippen molar-refractivity contribution in [3.8, 4) is 0 Å². The SMILES string of the molecule is CCOC(=O)C1CC2(CN(C(=O)OC(C)(C)C)C2)CN1c1nc2c(c(NC(CC(=O)NC)CC(C)C)n1)CCCC2. The number of nitrogens with zero attached hydrogens (tertiary/aromatic N) is 4. The number of hydrogen-bond donors (Lipinski definition) is 2. The van der Waals surface area contributed by atoms with Gasteiger partial charge in [0.15, 0.2) is 0 Å². The van der Waals surface area contributed by atoms with E-state index in [1.807, 2.05) is 25.7 Å². The van der Waals surface area contributed by atoms with Crippen LogP contribution in [0.2, 0.25) is 0 Å². The minimum absolute atomic E-state index is 0.0188. The maximum atomic E-state index is 13.2. The Labute approximate surface area is 244 Å². The van der Waals surface area contributed by atoms with E-state index in [9.17, 15) is 14.4 Å². The number of carbonyl (C=O) groups excluding carboxylic acids is 3. The molecule has 0 aromatic carbocycles. The highest BCUT2D eigenvalue weighted by atomic mass is 16.6. The number of likely N-dealkylation sites (tertiary alicyclic amines) is 1. The largest absolute Gasteiger partial charge is 0.464 e. The van der Waals surface area contributed by atoms with Gasteiger partial charge in [-0.15, -0.1) is 0 Å². The average molecular weight is 573 g/mol. The van der Waals surface area contributed by atoms with Gasteiger partial charge >= 0.3 is 12.1 Å². The first-order valence-corrected chi connectivity index (χ1v) is 15.1. The minimum atomic E-state index is -0.569. The van der Waals surface area contributed by atoms with Gasteiger partial charge in [-0.25, -0.2) is 14.6 Å². The van der Waals surface area contributed by atoms with E-state index in [1.165, 1.54) is 0 Å². The number of aromatic nitrogens is 2. The summed E-state index contributed by atoms with van der Waals surface area (Å²) in [6.07, 6.45) is 5.23. The first-order valence-electron chi connectivity index (χ1n) is 15.1. The summed E-state index contributed by atoms with van der Waals surface area (Å²) in [5.41, 5.74) is 1.27. The quantitative estimate of drug-likeness (QED) is 0.426. The van der Waals surface area contributed by atoms with E-state index >= 15 is 0 Å². The first kappa shape index (κ1) is 30.8. The Hall–Kier alpha value is -3.11. The van der Waals surface area contributed by atoms with Crippen LogP contribution in [0, 0.1) is 11.3 Å². The maximum Gasteiger partial charge on any atom is 0.410 e. The molecule has 2 aliphatic heterocycles. The summed E-state index contributed by atoms with van der Waals surface area (Å²) in [4.78, 5) is 51.9. The van der Waals surface area contributed by atoms with Crippen molar-refractivity contribution < 1.29 is 23.9 Å². The maximum absolute atomic E-state index is 13.2. The van der Waals surface area contributed by atoms with Gasteiger partial charge in [0.1, 0.15) is 17.5 Å². The van der Waals surface area contributed by atoms with Crippen molar-refractivity contribution in [2.45, 2.75) is 104 Å². The Morgan fingerprint density at radius 2 is 1.80 bits per heavy atom. The van der Waals surface area contributed by atoms with Gasteiger partial charge in [-0.05, 0) is 72.1 Å². The third-order valence-electron chi connectivity index (χ3n) is 8.01. The molecule has 1 aromatic rings. The fraction of sp³-hybridized carbons (Fsp3) is 0.767. The Morgan fingerprint density at radius 1 is 1.10 bits per heavy atom. The number of rotatable bonds is 9. The smallest absolute Gasteiger partial charge is 0.410 e. The van der Waals surface area contributed by atoms with E-state index < -0.39 is 11.6 Å². The number of amides is 2. The third-order valence-corrected chi connectivity index (χ3v) is 8.01. The van der Waals surface area contributed by atoms with E-state index in [2.05, 4.69) is 24.5 Å². The molecule has 1 spiro atoms. The molecule has 2 fully saturated rings. The molecule has 0 radical (unpaired) electrons. The average Bonchev–Trinajstić information content (AvgIpc) is 3.28. The molecule has 2 unspecified atom stereocenters. The molecular formula is C30H48N6O5. The van der Waals surface area contributed by atoms with Crippen molar-refractivity contribution in [1.29, 1.82) is 0 Å². The lowest BCUT2D eigenvalue weighted by Gasteiger charge is -2.47. The third kappa shape index (κ3) is 7.40. The predicted octanol–water partition coefficient (Wildman–Crippen LogP) is 3.70. The summed E-state index contributed by atoms with van der Waals surface area (Å²) in [6.45, 7) is 13.5. The molecule has 2 N–H and O–H groups in total. The number of nitrogens with one attached hydrogen (secondary N) is 2. The van der Waals surface area contributed by atoms with Gasteiger partial charge in [-0.2, -0.15) is 4.98 Å². The fourth-order valence-corrected chi connectivity index (χ4v) is 6.27. The van der Waals surface area contributed by atoms with Gasteiger partial charge in [0, 0.05) is 50.1 Å². The molecule has 1 aliphatic carbocycles. The van der Waals surface area contributed by atoms with Crippen molar-refractivity contribution in [1.82, 2.24) is 20.2 Å². The summed E-state index contributed by atoms with van der Waals surface area (Å²) in [5.74, 6) is 1.34. The van der Waals surface area contributed by atoms with Gasteiger partial charge in [0.2, 0.25) is 11.9 Å². The fourth-order valence-electron chi connectivity index (χ4n) is 6.27. The highest BCUT2D eigenvalue weighted by Gasteiger charge is 2.56. The molecule has 41 heavy (non-hydrogen) atoms. The predicted molar refractivity (Wildman–Crippen MR) is 157 cm³/mol. The molecule has 0 saturated carbocycles. The van der Waals surface area contributed by atoms with Crippen LogP contribution in [0.15, 0.2) is 0 Å². The van der Waals surface area contributed by atoms with Crippen LogP contribution in [0.4, 0.5) is 16.6 Å². The Bertz CT molecular complexity index is 1130. The second-order valence-corrected chi connectivity index (χ2v) is 13.3. The summed E-state index contributed by atoms with van der Waals surface area (Å²) >= 11 is 0. The van der Waals surface area contributed by atoms with Gasteiger partial charge in [-0.1, -0.05) is 13.8 Å². The van der Waals surface area contributed by atoms with Crippen LogP contribution in [0.1, 0.15) is 84.9 Å². The molecule has 11 nitrogen and oxygen atoms in total. The minimum Gasteiger partial charge on any atom is -0.464 e. The Morgan fingerprint density at radius 3 is 2.44 bits per heavy atom. The first-order chi connectivity index (χ1) is 19.3. The van der Waals surface area contributed by atoms with E-state index in [0.29, 0.717) is 44.3 Å². The van der Waals surface area contributed by atoms with Crippen LogP contribution in [0.25, 0.3) is 0 Å². The summed E-state index contributed by atoms with van der Waals surface area (Å²) in [5, 5.41) is 6.35. The number of ether oxygens (including phenoxy) is 2. The normalized spacial score (nSPS) is 20.3. The van der Waals surface area contributed by atoms with Crippen molar-refractivity contribution >= 4 is 29.7 Å². The van der Waals surface area contributed by atoms with Gasteiger partial charge in [0.05, 0.1) is 12.3 Å². The molecule has 2 saturated heterocycles. The molecule has 228 valence electrons. The lowest BCUT2D eigenvalue weighted by Crippen LogP contribution is -2.60. The number of esters is 1. The molecule has 2 amide bonds. The van der Waals surface area contributed by atoms with Crippen LogP contribution >= 0.6 is 0 Å². The summed E-state index contributed by atoms with van der Waals surface area (Å²) < 4.78 is 11.1. The van der Waals surface area contributed by atoms with Crippen molar-refractivity contribution in [2.24, 2.45) is 11.3 Å². The summed E-state index contributed by atoms with van der Waals surface area (Å²) in [6, 6.07) is -0.619.